The highest BCUT2D eigenvalue weighted by Gasteiger charge is 2.08. The lowest BCUT2D eigenvalue weighted by Crippen LogP contribution is -2.32. The molecular weight excluding hydrogens is 420 g/mol. The van der Waals surface area contributed by atoms with Crippen molar-refractivity contribution in [3.05, 3.63) is 94.5 Å². The van der Waals surface area contributed by atoms with Crippen molar-refractivity contribution in [3.63, 3.8) is 0 Å². The number of amides is 2. The first-order chi connectivity index (χ1) is 13.6. The van der Waals surface area contributed by atoms with Gasteiger partial charge in [0, 0.05) is 15.7 Å². The average molecular weight is 439 g/mol. The van der Waals surface area contributed by atoms with Gasteiger partial charge in [-0.05, 0) is 48.0 Å². The third-order valence-corrected chi connectivity index (χ3v) is 4.38. The van der Waals surface area contributed by atoms with Gasteiger partial charge in [-0.15, -0.1) is 0 Å². The Morgan fingerprint density at radius 1 is 0.893 bits per heavy atom. The molecule has 0 atom stereocenters. The smallest absolute Gasteiger partial charge is 0.251 e. The molecule has 0 aliphatic rings. The lowest BCUT2D eigenvalue weighted by molar-refractivity contribution is -0.115. The van der Waals surface area contributed by atoms with Crippen LogP contribution >= 0.6 is 15.9 Å². The number of halogens is 1. The predicted molar refractivity (Wildman–Crippen MR) is 112 cm³/mol. The van der Waals surface area contributed by atoms with E-state index in [0.29, 0.717) is 23.6 Å². The van der Waals surface area contributed by atoms with Gasteiger partial charge in [0.05, 0.1) is 6.54 Å². The maximum absolute atomic E-state index is 12.1. The third kappa shape index (κ3) is 5.96. The van der Waals surface area contributed by atoms with Crippen LogP contribution in [0, 0.1) is 0 Å². The van der Waals surface area contributed by atoms with Gasteiger partial charge in [0.25, 0.3) is 5.91 Å². The summed E-state index contributed by atoms with van der Waals surface area (Å²) in [5.41, 5.74) is 2.21. The van der Waals surface area contributed by atoms with Crippen LogP contribution in [0.2, 0.25) is 0 Å². The topological polar surface area (TPSA) is 67.4 Å². The fourth-order valence-corrected chi connectivity index (χ4v) is 2.87. The first-order valence-corrected chi connectivity index (χ1v) is 9.50. The van der Waals surface area contributed by atoms with Gasteiger partial charge >= 0.3 is 0 Å². The maximum Gasteiger partial charge on any atom is 0.251 e. The number of nitrogens with one attached hydrogen (secondary N) is 2. The Hall–Kier alpha value is -3.12. The molecule has 0 unspecified atom stereocenters. The van der Waals surface area contributed by atoms with Crippen molar-refractivity contribution in [1.82, 2.24) is 5.32 Å². The van der Waals surface area contributed by atoms with Gasteiger partial charge in [-0.2, -0.15) is 0 Å². The molecule has 0 fully saturated rings. The van der Waals surface area contributed by atoms with Crippen molar-refractivity contribution in [2.24, 2.45) is 0 Å². The molecular formula is C22H19BrN2O3. The van der Waals surface area contributed by atoms with Gasteiger partial charge in [-0.3, -0.25) is 9.59 Å². The van der Waals surface area contributed by atoms with Crippen molar-refractivity contribution in [2.45, 2.75) is 6.61 Å². The first kappa shape index (κ1) is 19.6. The quantitative estimate of drug-likeness (QED) is 0.574. The van der Waals surface area contributed by atoms with Crippen LogP contribution in [0.3, 0.4) is 0 Å². The van der Waals surface area contributed by atoms with Crippen LogP contribution in [-0.2, 0) is 11.4 Å². The summed E-state index contributed by atoms with van der Waals surface area (Å²) >= 11 is 3.32. The minimum atomic E-state index is -0.305. The SMILES string of the molecule is O=C(CNC(=O)c1cccc(Br)c1)Nc1ccc(OCc2ccccc2)cc1. The summed E-state index contributed by atoms with van der Waals surface area (Å²) < 4.78 is 6.52. The summed E-state index contributed by atoms with van der Waals surface area (Å²) in [6, 6.07) is 24.0. The fourth-order valence-electron chi connectivity index (χ4n) is 2.47. The molecule has 0 radical (unpaired) electrons. The molecule has 0 bridgehead atoms. The summed E-state index contributed by atoms with van der Waals surface area (Å²) in [7, 11) is 0. The van der Waals surface area contributed by atoms with Gasteiger partial charge in [-0.1, -0.05) is 52.3 Å². The number of carbonyl (C=O) groups excluding carboxylic acids is 2. The van der Waals surface area contributed by atoms with Crippen LogP contribution in [0.25, 0.3) is 0 Å². The number of ether oxygens (including phenoxy) is 1. The van der Waals surface area contributed by atoms with E-state index >= 15 is 0 Å². The summed E-state index contributed by atoms with van der Waals surface area (Å²) in [5.74, 6) is 0.104. The highest BCUT2D eigenvalue weighted by molar-refractivity contribution is 9.10. The van der Waals surface area contributed by atoms with Gasteiger partial charge in [-0.25, -0.2) is 0 Å². The van der Waals surface area contributed by atoms with Gasteiger partial charge in [0.1, 0.15) is 12.4 Å². The number of benzene rings is 3. The first-order valence-electron chi connectivity index (χ1n) is 8.70. The summed E-state index contributed by atoms with van der Waals surface area (Å²) in [6.07, 6.45) is 0. The van der Waals surface area contributed by atoms with E-state index < -0.39 is 0 Å². The summed E-state index contributed by atoms with van der Waals surface area (Å²) in [4.78, 5) is 24.1. The molecule has 0 saturated heterocycles. The fraction of sp³-hybridized carbons (Fsp3) is 0.0909. The van der Waals surface area contributed by atoms with Crippen LogP contribution in [-0.4, -0.2) is 18.4 Å². The number of anilines is 1. The molecule has 2 amide bonds. The Labute approximate surface area is 171 Å². The second-order valence-corrected chi connectivity index (χ2v) is 6.96. The van der Waals surface area contributed by atoms with Gasteiger partial charge in [0.2, 0.25) is 5.91 Å². The molecule has 3 rings (SSSR count). The highest BCUT2D eigenvalue weighted by atomic mass is 79.9. The van der Waals surface area contributed by atoms with Crippen molar-refractivity contribution < 1.29 is 14.3 Å². The van der Waals surface area contributed by atoms with Crippen LogP contribution < -0.4 is 15.4 Å². The molecule has 5 nitrogen and oxygen atoms in total. The molecule has 0 saturated carbocycles. The van der Waals surface area contributed by atoms with E-state index in [0.717, 1.165) is 10.0 Å². The zero-order chi connectivity index (χ0) is 19.8. The second-order valence-electron chi connectivity index (χ2n) is 6.04. The normalized spacial score (nSPS) is 10.2. The second kappa shape index (κ2) is 9.71. The van der Waals surface area contributed by atoms with Crippen molar-refractivity contribution in [1.29, 1.82) is 0 Å². The third-order valence-electron chi connectivity index (χ3n) is 3.88. The van der Waals surface area contributed by atoms with Crippen molar-refractivity contribution in [2.75, 3.05) is 11.9 Å². The molecule has 0 aliphatic heterocycles. The van der Waals surface area contributed by atoms with Crippen LogP contribution in [0.1, 0.15) is 15.9 Å². The van der Waals surface area contributed by atoms with Crippen molar-refractivity contribution >= 4 is 33.4 Å². The monoisotopic (exact) mass is 438 g/mol. The standard InChI is InChI=1S/C22H19BrN2O3/c23-18-8-4-7-17(13-18)22(27)24-14-21(26)25-19-9-11-20(12-10-19)28-15-16-5-2-1-3-6-16/h1-13H,14-15H2,(H,24,27)(H,25,26). The molecule has 6 heteroatoms. The molecule has 3 aromatic rings. The highest BCUT2D eigenvalue weighted by Crippen LogP contribution is 2.17. The zero-order valence-electron chi connectivity index (χ0n) is 15.0. The van der Waals surface area contributed by atoms with E-state index in [9.17, 15) is 9.59 Å². The number of hydrogen-bond donors (Lipinski definition) is 2. The minimum Gasteiger partial charge on any atom is -0.489 e. The molecule has 28 heavy (non-hydrogen) atoms. The van der Waals surface area contributed by atoms with Gasteiger partial charge < -0.3 is 15.4 Å². The van der Waals surface area contributed by atoms with E-state index in [-0.39, 0.29) is 18.4 Å². The zero-order valence-corrected chi connectivity index (χ0v) is 16.6. The van der Waals surface area contributed by atoms with Gasteiger partial charge in [0.15, 0.2) is 0 Å². The van der Waals surface area contributed by atoms with E-state index in [1.165, 1.54) is 0 Å². The number of carbonyl (C=O) groups is 2. The molecule has 0 spiro atoms. The Morgan fingerprint density at radius 2 is 1.64 bits per heavy atom. The summed E-state index contributed by atoms with van der Waals surface area (Å²) in [5, 5.41) is 5.34. The molecule has 142 valence electrons. The predicted octanol–water partition coefficient (Wildman–Crippen LogP) is 4.40. The Kier molecular flexibility index (Phi) is 6.81. The van der Waals surface area contributed by atoms with E-state index in [1.807, 2.05) is 36.4 Å². The molecule has 0 heterocycles. The van der Waals surface area contributed by atoms with Crippen LogP contribution in [0.15, 0.2) is 83.3 Å². The minimum absolute atomic E-state index is 0.113. The largest absolute Gasteiger partial charge is 0.489 e. The molecule has 0 aliphatic carbocycles. The summed E-state index contributed by atoms with van der Waals surface area (Å²) in [6.45, 7) is 0.367. The number of rotatable bonds is 7. The van der Waals surface area contributed by atoms with E-state index in [1.54, 1.807) is 42.5 Å². The lowest BCUT2D eigenvalue weighted by Gasteiger charge is -2.09. The molecule has 3 aromatic carbocycles. The van der Waals surface area contributed by atoms with E-state index in [2.05, 4.69) is 26.6 Å². The number of hydrogen-bond acceptors (Lipinski definition) is 3. The molecule has 0 aromatic heterocycles. The maximum atomic E-state index is 12.1. The Balaban J connectivity index is 1.45. The van der Waals surface area contributed by atoms with Crippen molar-refractivity contribution in [3.8, 4) is 5.75 Å². The van der Waals surface area contributed by atoms with Crippen LogP contribution in [0.4, 0.5) is 5.69 Å². The Morgan fingerprint density at radius 3 is 2.36 bits per heavy atom. The van der Waals surface area contributed by atoms with E-state index in [4.69, 9.17) is 4.74 Å². The molecule has 2 N–H and O–H groups in total. The Bertz CT molecular complexity index is 944. The average Bonchev–Trinajstić information content (AvgIpc) is 2.72. The lowest BCUT2D eigenvalue weighted by atomic mass is 10.2. The van der Waals surface area contributed by atoms with Crippen LogP contribution in [0.5, 0.6) is 5.75 Å².